The molecule has 1 saturated heterocycles. The van der Waals surface area contributed by atoms with Crippen molar-refractivity contribution in [1.29, 1.82) is 0 Å². The van der Waals surface area contributed by atoms with E-state index in [4.69, 9.17) is 9.47 Å². The molecule has 1 heterocycles. The maximum absolute atomic E-state index is 13.7. The van der Waals surface area contributed by atoms with Gasteiger partial charge in [-0.05, 0) is 48.4 Å². The summed E-state index contributed by atoms with van der Waals surface area (Å²) in [4.78, 5) is 37.8. The van der Waals surface area contributed by atoms with Crippen molar-refractivity contribution < 1.29 is 28.2 Å². The van der Waals surface area contributed by atoms with E-state index in [-0.39, 0.29) is 11.4 Å². The molecule has 1 fully saturated rings. The van der Waals surface area contributed by atoms with Crippen LogP contribution in [0.5, 0.6) is 11.5 Å². The fourth-order valence-electron chi connectivity index (χ4n) is 2.92. The van der Waals surface area contributed by atoms with Gasteiger partial charge in [-0.3, -0.25) is 9.59 Å². The first-order valence-corrected chi connectivity index (χ1v) is 8.95. The Morgan fingerprint density at radius 1 is 1.17 bits per heavy atom. The maximum Gasteiger partial charge on any atom is 0.329 e. The summed E-state index contributed by atoms with van der Waals surface area (Å²) in [6, 6.07) is 8.28. The summed E-state index contributed by atoms with van der Waals surface area (Å²) >= 11 is 0. The van der Waals surface area contributed by atoms with Crippen LogP contribution in [-0.4, -0.2) is 43.5 Å². The summed E-state index contributed by atoms with van der Waals surface area (Å²) in [5, 5.41) is 4.79. The minimum atomic E-state index is -0.743. The SMILES string of the molecule is COc1cc(C)c(/C=C2/NC(=O)N(CC(=O)Nc3ccccc3F)C2=O)cc1OC. The molecular formula is C21H20FN3O5. The van der Waals surface area contributed by atoms with Crippen LogP contribution in [0.1, 0.15) is 11.1 Å². The average molecular weight is 413 g/mol. The van der Waals surface area contributed by atoms with Crippen LogP contribution in [0.15, 0.2) is 42.1 Å². The van der Waals surface area contributed by atoms with Crippen LogP contribution in [0.3, 0.4) is 0 Å². The Labute approximate surface area is 172 Å². The largest absolute Gasteiger partial charge is 0.493 e. The van der Waals surface area contributed by atoms with Gasteiger partial charge in [-0.15, -0.1) is 0 Å². The number of hydrogen-bond donors (Lipinski definition) is 2. The highest BCUT2D eigenvalue weighted by Crippen LogP contribution is 2.31. The van der Waals surface area contributed by atoms with Crippen LogP contribution < -0.4 is 20.1 Å². The van der Waals surface area contributed by atoms with Crippen molar-refractivity contribution in [3.8, 4) is 11.5 Å². The normalized spacial score (nSPS) is 14.7. The molecule has 0 spiro atoms. The van der Waals surface area contributed by atoms with E-state index in [2.05, 4.69) is 10.6 Å². The Hall–Kier alpha value is -3.88. The molecule has 4 amide bonds. The van der Waals surface area contributed by atoms with Gasteiger partial charge < -0.3 is 20.1 Å². The Morgan fingerprint density at radius 2 is 1.83 bits per heavy atom. The number of carbonyl (C=O) groups is 3. The molecule has 0 aliphatic carbocycles. The fourth-order valence-corrected chi connectivity index (χ4v) is 2.92. The molecule has 1 aliphatic heterocycles. The third kappa shape index (κ3) is 4.24. The van der Waals surface area contributed by atoms with Crippen molar-refractivity contribution in [3.05, 3.63) is 59.0 Å². The molecule has 0 unspecified atom stereocenters. The highest BCUT2D eigenvalue weighted by Gasteiger charge is 2.35. The predicted molar refractivity (Wildman–Crippen MR) is 108 cm³/mol. The molecule has 8 nitrogen and oxygen atoms in total. The number of halogens is 1. The van der Waals surface area contributed by atoms with Gasteiger partial charge in [0.15, 0.2) is 11.5 Å². The number of benzene rings is 2. The first-order chi connectivity index (χ1) is 14.3. The van der Waals surface area contributed by atoms with Crippen LogP contribution in [-0.2, 0) is 9.59 Å². The number of hydrogen-bond acceptors (Lipinski definition) is 5. The molecule has 2 N–H and O–H groups in total. The van der Waals surface area contributed by atoms with Crippen molar-refractivity contribution in [1.82, 2.24) is 10.2 Å². The summed E-state index contributed by atoms with van der Waals surface area (Å²) < 4.78 is 24.2. The van der Waals surface area contributed by atoms with Crippen LogP contribution in [0.4, 0.5) is 14.9 Å². The van der Waals surface area contributed by atoms with E-state index in [1.165, 1.54) is 38.5 Å². The third-order valence-corrected chi connectivity index (χ3v) is 4.48. The Balaban J connectivity index is 1.78. The average Bonchev–Trinajstić information content (AvgIpc) is 2.98. The minimum Gasteiger partial charge on any atom is -0.493 e. The molecule has 2 aromatic carbocycles. The van der Waals surface area contributed by atoms with Gasteiger partial charge in [0.25, 0.3) is 5.91 Å². The topological polar surface area (TPSA) is 97.0 Å². The number of urea groups is 1. The van der Waals surface area contributed by atoms with Crippen LogP contribution >= 0.6 is 0 Å². The van der Waals surface area contributed by atoms with Gasteiger partial charge in [-0.1, -0.05) is 12.1 Å². The number of nitrogens with zero attached hydrogens (tertiary/aromatic N) is 1. The molecule has 2 aromatic rings. The lowest BCUT2D eigenvalue weighted by Crippen LogP contribution is -2.38. The van der Waals surface area contributed by atoms with Gasteiger partial charge in [0.05, 0.1) is 19.9 Å². The maximum atomic E-state index is 13.7. The molecule has 0 radical (unpaired) electrons. The quantitative estimate of drug-likeness (QED) is 0.561. The van der Waals surface area contributed by atoms with Crippen molar-refractivity contribution in [3.63, 3.8) is 0 Å². The fraction of sp³-hybridized carbons (Fsp3) is 0.190. The Morgan fingerprint density at radius 3 is 2.50 bits per heavy atom. The number of anilines is 1. The molecule has 30 heavy (non-hydrogen) atoms. The van der Waals surface area contributed by atoms with Gasteiger partial charge in [0.1, 0.15) is 18.1 Å². The summed E-state index contributed by atoms with van der Waals surface area (Å²) in [5.41, 5.74) is 1.40. The van der Waals surface area contributed by atoms with Crippen molar-refractivity contribution in [2.75, 3.05) is 26.1 Å². The zero-order valence-electron chi connectivity index (χ0n) is 16.6. The van der Waals surface area contributed by atoms with Crippen molar-refractivity contribution >= 4 is 29.6 Å². The van der Waals surface area contributed by atoms with Gasteiger partial charge >= 0.3 is 6.03 Å². The smallest absolute Gasteiger partial charge is 0.329 e. The first-order valence-electron chi connectivity index (χ1n) is 8.95. The number of carbonyl (C=O) groups excluding carboxylic acids is 3. The third-order valence-electron chi connectivity index (χ3n) is 4.48. The number of para-hydroxylation sites is 1. The number of imide groups is 1. The molecule has 1 aliphatic rings. The number of ether oxygens (including phenoxy) is 2. The van der Waals surface area contributed by atoms with E-state index in [1.54, 1.807) is 18.2 Å². The molecule has 0 saturated carbocycles. The summed E-state index contributed by atoms with van der Waals surface area (Å²) in [7, 11) is 3.00. The van der Waals surface area contributed by atoms with E-state index in [9.17, 15) is 18.8 Å². The molecule has 156 valence electrons. The van der Waals surface area contributed by atoms with E-state index < -0.39 is 30.2 Å². The molecule has 0 atom stereocenters. The number of amides is 4. The van der Waals surface area contributed by atoms with E-state index in [0.717, 1.165) is 10.5 Å². The summed E-state index contributed by atoms with van der Waals surface area (Å²) in [6.45, 7) is 1.26. The number of rotatable bonds is 6. The van der Waals surface area contributed by atoms with Gasteiger partial charge in [0, 0.05) is 0 Å². The van der Waals surface area contributed by atoms with Crippen LogP contribution in [0, 0.1) is 12.7 Å². The van der Waals surface area contributed by atoms with Gasteiger partial charge in [-0.2, -0.15) is 0 Å². The molecule has 0 bridgehead atoms. The lowest BCUT2D eigenvalue weighted by atomic mass is 10.1. The van der Waals surface area contributed by atoms with Crippen LogP contribution in [0.25, 0.3) is 6.08 Å². The molecule has 9 heteroatoms. The summed E-state index contributed by atoms with van der Waals surface area (Å²) in [5.74, 6) is -0.990. The summed E-state index contributed by atoms with van der Waals surface area (Å²) in [6.07, 6.45) is 1.49. The molecular weight excluding hydrogens is 393 g/mol. The number of aryl methyl sites for hydroxylation is 1. The van der Waals surface area contributed by atoms with Gasteiger partial charge in [-0.25, -0.2) is 14.1 Å². The Bertz CT molecular complexity index is 1050. The van der Waals surface area contributed by atoms with Crippen LogP contribution in [0.2, 0.25) is 0 Å². The second-order valence-electron chi connectivity index (χ2n) is 6.47. The number of methoxy groups -OCH3 is 2. The monoisotopic (exact) mass is 413 g/mol. The second-order valence-corrected chi connectivity index (χ2v) is 6.47. The molecule has 3 rings (SSSR count). The second kappa shape index (κ2) is 8.64. The van der Waals surface area contributed by atoms with Crippen molar-refractivity contribution in [2.45, 2.75) is 6.92 Å². The lowest BCUT2D eigenvalue weighted by molar-refractivity contribution is -0.127. The zero-order valence-corrected chi connectivity index (χ0v) is 16.6. The minimum absolute atomic E-state index is 0.00834. The van der Waals surface area contributed by atoms with Gasteiger partial charge in [0.2, 0.25) is 5.91 Å². The highest BCUT2D eigenvalue weighted by molar-refractivity contribution is 6.16. The van der Waals surface area contributed by atoms with Crippen molar-refractivity contribution in [2.24, 2.45) is 0 Å². The number of nitrogens with one attached hydrogen (secondary N) is 2. The standard InChI is InChI=1S/C21H20FN3O5/c1-12-8-17(29-2)18(30-3)10-13(12)9-16-20(27)25(21(28)24-16)11-19(26)23-15-7-5-4-6-14(15)22/h4-10H,11H2,1-3H3,(H,23,26)(H,24,28)/b16-9+. The lowest BCUT2D eigenvalue weighted by Gasteiger charge is -2.12. The predicted octanol–water partition coefficient (Wildman–Crippen LogP) is 2.68. The highest BCUT2D eigenvalue weighted by atomic mass is 19.1. The zero-order chi connectivity index (χ0) is 21.8. The van der Waals surface area contributed by atoms with E-state index >= 15 is 0 Å². The Kier molecular flexibility index (Phi) is 6.01. The first kappa shape index (κ1) is 20.8. The van der Waals surface area contributed by atoms with E-state index in [1.807, 2.05) is 6.92 Å². The molecule has 0 aromatic heterocycles. The van der Waals surface area contributed by atoms with E-state index in [0.29, 0.717) is 17.1 Å².